The van der Waals surface area contributed by atoms with Gasteiger partial charge in [0.25, 0.3) is 0 Å². The van der Waals surface area contributed by atoms with Crippen molar-refractivity contribution in [3.8, 4) is 5.75 Å². The van der Waals surface area contributed by atoms with Gasteiger partial charge in [-0.05, 0) is 55.7 Å². The summed E-state index contributed by atoms with van der Waals surface area (Å²) in [6.07, 6.45) is 1.10. The fourth-order valence-electron chi connectivity index (χ4n) is 4.52. The van der Waals surface area contributed by atoms with Crippen molar-refractivity contribution in [3.63, 3.8) is 0 Å². The molecule has 208 valence electrons. The predicted molar refractivity (Wildman–Crippen MR) is 142 cm³/mol. The van der Waals surface area contributed by atoms with Gasteiger partial charge < -0.3 is 14.8 Å². The Morgan fingerprint density at radius 1 is 1.03 bits per heavy atom. The Balaban J connectivity index is 1.38. The maximum Gasteiger partial charge on any atom is 0.246 e. The van der Waals surface area contributed by atoms with Gasteiger partial charge in [-0.15, -0.1) is 0 Å². The van der Waals surface area contributed by atoms with Crippen molar-refractivity contribution < 1.29 is 31.1 Å². The van der Waals surface area contributed by atoms with Crippen molar-refractivity contribution in [2.45, 2.75) is 36.1 Å². The monoisotopic (exact) mass is 585 g/mol. The molecule has 2 aromatic rings. The number of hydrogen-bond donors (Lipinski definition) is 1. The molecular formula is C25H32ClN3O7S2. The van der Waals surface area contributed by atoms with Crippen LogP contribution in [0.5, 0.6) is 5.75 Å². The fraction of sp³-hybridized carbons (Fsp3) is 0.480. The molecule has 13 heteroatoms. The summed E-state index contributed by atoms with van der Waals surface area (Å²) in [4.78, 5) is 13.1. The van der Waals surface area contributed by atoms with E-state index in [9.17, 15) is 21.6 Å². The molecule has 10 nitrogen and oxygen atoms in total. The van der Waals surface area contributed by atoms with Gasteiger partial charge in [-0.2, -0.15) is 8.61 Å². The molecule has 1 amide bonds. The number of piperidine rings is 1. The lowest BCUT2D eigenvalue weighted by molar-refractivity contribution is -0.126. The molecule has 1 unspecified atom stereocenters. The number of nitrogens with zero attached hydrogens (tertiary/aromatic N) is 2. The highest BCUT2D eigenvalue weighted by atomic mass is 35.5. The minimum Gasteiger partial charge on any atom is -0.492 e. The summed E-state index contributed by atoms with van der Waals surface area (Å²) in [5.74, 6) is -0.553. The molecular weight excluding hydrogens is 554 g/mol. The average Bonchev–Trinajstić information content (AvgIpc) is 2.93. The molecule has 0 saturated carbocycles. The summed E-state index contributed by atoms with van der Waals surface area (Å²) >= 11 is 6.07. The van der Waals surface area contributed by atoms with Crippen LogP contribution in [0.15, 0.2) is 52.3 Å². The first-order valence-electron chi connectivity index (χ1n) is 12.5. The van der Waals surface area contributed by atoms with Gasteiger partial charge in [0.1, 0.15) is 10.6 Å². The second-order valence-electron chi connectivity index (χ2n) is 9.10. The van der Waals surface area contributed by atoms with E-state index < -0.39 is 26.0 Å². The van der Waals surface area contributed by atoms with Crippen LogP contribution in [0.25, 0.3) is 0 Å². The number of amides is 1. The first-order chi connectivity index (χ1) is 18.1. The Morgan fingerprint density at radius 2 is 1.74 bits per heavy atom. The van der Waals surface area contributed by atoms with E-state index in [0.29, 0.717) is 52.3 Å². The Kier molecular flexibility index (Phi) is 9.32. The zero-order chi connectivity index (χ0) is 27.3. The van der Waals surface area contributed by atoms with Gasteiger partial charge in [-0.1, -0.05) is 23.7 Å². The summed E-state index contributed by atoms with van der Waals surface area (Å²) < 4.78 is 65.8. The summed E-state index contributed by atoms with van der Waals surface area (Å²) in [6, 6.07) is 10.9. The molecule has 0 aliphatic carbocycles. The lowest BCUT2D eigenvalue weighted by Crippen LogP contribution is -2.45. The Morgan fingerprint density at radius 3 is 2.42 bits per heavy atom. The van der Waals surface area contributed by atoms with Gasteiger partial charge >= 0.3 is 0 Å². The van der Waals surface area contributed by atoms with Gasteiger partial charge in [0.2, 0.25) is 26.0 Å². The molecule has 0 bridgehead atoms. The summed E-state index contributed by atoms with van der Waals surface area (Å²) in [7, 11) is -7.52. The van der Waals surface area contributed by atoms with Crippen molar-refractivity contribution in [2.75, 3.05) is 46.0 Å². The van der Waals surface area contributed by atoms with Crippen molar-refractivity contribution in [3.05, 3.63) is 53.1 Å². The van der Waals surface area contributed by atoms with Crippen molar-refractivity contribution >= 4 is 37.6 Å². The number of rotatable bonds is 9. The highest BCUT2D eigenvalue weighted by Gasteiger charge is 2.35. The lowest BCUT2D eigenvalue weighted by atomic mass is 9.99. The topological polar surface area (TPSA) is 122 Å². The maximum absolute atomic E-state index is 13.4. The second-order valence-corrected chi connectivity index (χ2v) is 13.4. The molecule has 38 heavy (non-hydrogen) atoms. The highest BCUT2D eigenvalue weighted by Crippen LogP contribution is 2.32. The second kappa shape index (κ2) is 12.3. The van der Waals surface area contributed by atoms with Gasteiger partial charge in [-0.25, -0.2) is 16.8 Å². The molecule has 4 rings (SSSR count). The van der Waals surface area contributed by atoms with Crippen LogP contribution in [0, 0.1) is 5.92 Å². The number of ether oxygens (including phenoxy) is 2. The molecule has 0 spiro atoms. The smallest absolute Gasteiger partial charge is 0.246 e. The predicted octanol–water partition coefficient (Wildman–Crippen LogP) is 2.48. The van der Waals surface area contributed by atoms with Crippen LogP contribution in [0.4, 0.5) is 0 Å². The normalized spacial score (nSPS) is 19.7. The number of halogens is 1. The van der Waals surface area contributed by atoms with Crippen LogP contribution in [0.2, 0.25) is 5.02 Å². The zero-order valence-corrected chi connectivity index (χ0v) is 23.5. The van der Waals surface area contributed by atoms with Gasteiger partial charge in [0.05, 0.1) is 30.6 Å². The molecule has 1 atom stereocenters. The van der Waals surface area contributed by atoms with Crippen molar-refractivity contribution in [1.82, 2.24) is 13.9 Å². The quantitative estimate of drug-likeness (QED) is 0.480. The highest BCUT2D eigenvalue weighted by molar-refractivity contribution is 7.89. The van der Waals surface area contributed by atoms with Crippen LogP contribution in [0.1, 0.15) is 25.3 Å². The molecule has 2 aliphatic heterocycles. The molecule has 0 radical (unpaired) electrons. The van der Waals surface area contributed by atoms with E-state index in [0.717, 1.165) is 5.56 Å². The zero-order valence-electron chi connectivity index (χ0n) is 21.1. The first kappa shape index (κ1) is 28.8. The molecule has 2 heterocycles. The third kappa shape index (κ3) is 6.49. The van der Waals surface area contributed by atoms with Gasteiger partial charge in [0.15, 0.2) is 0 Å². The average molecular weight is 586 g/mol. The lowest BCUT2D eigenvalue weighted by Gasteiger charge is -2.31. The van der Waals surface area contributed by atoms with E-state index in [-0.39, 0.29) is 39.6 Å². The number of sulfonamides is 2. The van der Waals surface area contributed by atoms with E-state index >= 15 is 0 Å². The van der Waals surface area contributed by atoms with Crippen LogP contribution in [-0.2, 0) is 36.1 Å². The molecule has 2 fully saturated rings. The number of hydrogen-bond acceptors (Lipinski definition) is 7. The first-order valence-corrected chi connectivity index (χ1v) is 15.8. The van der Waals surface area contributed by atoms with Crippen LogP contribution in [0.3, 0.4) is 0 Å². The standard InChI is InChI=1S/C25H32ClN3O7S2/c1-2-36-23-10-7-21(26)16-24(23)38(33,34)29-11-3-4-20(18-29)25(30)27-17-19-5-8-22(9-6-19)37(31,32)28-12-14-35-15-13-28/h5-10,16,20H,2-4,11-15,17-18H2,1H3,(H,27,30). The fourth-order valence-corrected chi connectivity index (χ4v) is 7.85. The molecule has 2 saturated heterocycles. The van der Waals surface area contributed by atoms with E-state index in [1.807, 2.05) is 0 Å². The Hall–Kier alpha value is -2.22. The number of carbonyl (C=O) groups is 1. The molecule has 1 N–H and O–H groups in total. The van der Waals surface area contributed by atoms with Crippen molar-refractivity contribution in [1.29, 1.82) is 0 Å². The number of morpholine rings is 1. The Bertz CT molecular complexity index is 1350. The minimum absolute atomic E-state index is 0.0139. The SMILES string of the molecule is CCOc1ccc(Cl)cc1S(=O)(=O)N1CCCC(C(=O)NCc2ccc(S(=O)(=O)N3CCOCC3)cc2)C1. The summed E-state index contributed by atoms with van der Waals surface area (Å²) in [6.45, 7) is 3.98. The van der Waals surface area contributed by atoms with Gasteiger partial charge in [0, 0.05) is 37.7 Å². The van der Waals surface area contributed by atoms with Gasteiger partial charge in [-0.3, -0.25) is 4.79 Å². The number of benzene rings is 2. The van der Waals surface area contributed by atoms with Crippen LogP contribution >= 0.6 is 11.6 Å². The summed E-state index contributed by atoms with van der Waals surface area (Å²) in [5, 5.41) is 3.14. The van der Waals surface area contributed by atoms with E-state index in [4.69, 9.17) is 21.1 Å². The molecule has 2 aliphatic rings. The van der Waals surface area contributed by atoms with E-state index in [2.05, 4.69) is 5.32 Å². The largest absolute Gasteiger partial charge is 0.492 e. The van der Waals surface area contributed by atoms with E-state index in [1.54, 1.807) is 25.1 Å². The minimum atomic E-state index is -3.92. The van der Waals surface area contributed by atoms with E-state index in [1.165, 1.54) is 32.9 Å². The van der Waals surface area contributed by atoms with Crippen LogP contribution < -0.4 is 10.1 Å². The summed E-state index contributed by atoms with van der Waals surface area (Å²) in [5.41, 5.74) is 0.736. The third-order valence-electron chi connectivity index (χ3n) is 6.58. The number of nitrogens with one attached hydrogen (secondary N) is 1. The van der Waals surface area contributed by atoms with Crippen molar-refractivity contribution in [2.24, 2.45) is 5.92 Å². The third-order valence-corrected chi connectivity index (χ3v) is 10.6. The number of carbonyl (C=O) groups excluding carboxylic acids is 1. The molecule has 2 aromatic carbocycles. The molecule has 0 aromatic heterocycles. The maximum atomic E-state index is 13.4. The van der Waals surface area contributed by atoms with Crippen LogP contribution in [-0.4, -0.2) is 77.4 Å². The Labute approximate surface area is 229 Å².